The van der Waals surface area contributed by atoms with Gasteiger partial charge in [-0.25, -0.2) is 0 Å². The highest BCUT2D eigenvalue weighted by Crippen LogP contribution is 2.47. The van der Waals surface area contributed by atoms with Gasteiger partial charge < -0.3 is 19.3 Å². The normalized spacial score (nSPS) is 11.8. The van der Waals surface area contributed by atoms with Crippen molar-refractivity contribution in [2.24, 2.45) is 0 Å². The second-order valence-electron chi connectivity index (χ2n) is 4.87. The predicted molar refractivity (Wildman–Crippen MR) is 94.2 cm³/mol. The van der Waals surface area contributed by atoms with Gasteiger partial charge >= 0.3 is 0 Å². The maximum absolute atomic E-state index is 9.54. The van der Waals surface area contributed by atoms with Crippen molar-refractivity contribution in [2.45, 2.75) is 12.2 Å². The van der Waals surface area contributed by atoms with E-state index < -0.39 is 0 Å². The summed E-state index contributed by atoms with van der Waals surface area (Å²) in [7, 11) is 4.90. The fourth-order valence-corrected chi connectivity index (χ4v) is 3.53. The Labute approximate surface area is 141 Å². The quantitative estimate of drug-likeness (QED) is 0.820. The lowest BCUT2D eigenvalue weighted by molar-refractivity contribution is 0.369. The van der Waals surface area contributed by atoms with Gasteiger partial charge in [-0.1, -0.05) is 19.1 Å². The number of phenolic OH excluding ortho intramolecular Hbond substituents is 1. The van der Waals surface area contributed by atoms with Gasteiger partial charge in [0.05, 0.1) is 32.1 Å². The zero-order chi connectivity index (χ0) is 16.8. The van der Waals surface area contributed by atoms with E-state index in [1.807, 2.05) is 24.3 Å². The zero-order valence-corrected chi connectivity index (χ0v) is 14.6. The predicted octanol–water partition coefficient (Wildman–Crippen LogP) is 4.26. The first kappa shape index (κ1) is 17.3. The first-order valence-electron chi connectivity index (χ1n) is 7.35. The number of hydrogen-bond donors (Lipinski definition) is 1. The molecule has 0 bridgehead atoms. The Morgan fingerprint density at radius 1 is 0.957 bits per heavy atom. The number of thioether (sulfide) groups is 1. The summed E-state index contributed by atoms with van der Waals surface area (Å²) in [6.07, 6.45) is 0. The SMILES string of the molecule is CCSC(c1ccc(O)cc1)c1c(OC)cc(OC)cc1OC. The van der Waals surface area contributed by atoms with Crippen molar-refractivity contribution in [3.05, 3.63) is 47.5 Å². The van der Waals surface area contributed by atoms with Gasteiger partial charge in [0.25, 0.3) is 0 Å². The fourth-order valence-electron chi connectivity index (χ4n) is 2.45. The molecule has 1 N–H and O–H groups in total. The van der Waals surface area contributed by atoms with Gasteiger partial charge in [0.1, 0.15) is 23.0 Å². The average molecular weight is 334 g/mol. The Morgan fingerprint density at radius 3 is 1.96 bits per heavy atom. The second kappa shape index (κ2) is 8.02. The molecule has 1 unspecified atom stereocenters. The number of benzene rings is 2. The molecule has 0 aliphatic carbocycles. The van der Waals surface area contributed by atoms with Gasteiger partial charge in [0.15, 0.2) is 0 Å². The maximum atomic E-state index is 9.54. The lowest BCUT2D eigenvalue weighted by atomic mass is 10.0. The first-order valence-corrected chi connectivity index (χ1v) is 8.39. The van der Waals surface area contributed by atoms with Gasteiger partial charge in [-0.05, 0) is 23.4 Å². The minimum absolute atomic E-state index is 0.0383. The van der Waals surface area contributed by atoms with Crippen LogP contribution in [-0.4, -0.2) is 32.2 Å². The molecule has 0 radical (unpaired) electrons. The monoisotopic (exact) mass is 334 g/mol. The zero-order valence-electron chi connectivity index (χ0n) is 13.8. The highest BCUT2D eigenvalue weighted by Gasteiger charge is 2.24. The molecule has 0 aromatic heterocycles. The van der Waals surface area contributed by atoms with Crippen LogP contribution in [-0.2, 0) is 0 Å². The molecule has 0 aliphatic heterocycles. The van der Waals surface area contributed by atoms with Crippen LogP contribution in [0.2, 0.25) is 0 Å². The number of phenols is 1. The molecule has 2 aromatic rings. The van der Waals surface area contributed by atoms with E-state index >= 15 is 0 Å². The van der Waals surface area contributed by atoms with Crippen LogP contribution in [0.25, 0.3) is 0 Å². The third-order valence-electron chi connectivity index (χ3n) is 3.54. The Balaban J connectivity index is 2.59. The molecule has 0 aliphatic rings. The van der Waals surface area contributed by atoms with Crippen LogP contribution in [0.5, 0.6) is 23.0 Å². The largest absolute Gasteiger partial charge is 0.508 e. The Morgan fingerprint density at radius 2 is 1.52 bits per heavy atom. The first-order chi connectivity index (χ1) is 11.1. The lowest BCUT2D eigenvalue weighted by Crippen LogP contribution is -2.04. The van der Waals surface area contributed by atoms with Crippen LogP contribution >= 0.6 is 11.8 Å². The van der Waals surface area contributed by atoms with Gasteiger partial charge in [0.2, 0.25) is 0 Å². The Kier molecular flexibility index (Phi) is 6.04. The molecule has 1 atom stereocenters. The summed E-state index contributed by atoms with van der Waals surface area (Å²) in [5.74, 6) is 3.32. The molecule has 124 valence electrons. The van der Waals surface area contributed by atoms with Crippen LogP contribution in [0.1, 0.15) is 23.3 Å². The van der Waals surface area contributed by atoms with Crippen molar-refractivity contribution in [3.8, 4) is 23.0 Å². The Hall–Kier alpha value is -2.01. The summed E-state index contributed by atoms with van der Waals surface area (Å²) < 4.78 is 16.5. The van der Waals surface area contributed by atoms with E-state index in [0.29, 0.717) is 5.75 Å². The van der Waals surface area contributed by atoms with E-state index in [4.69, 9.17) is 14.2 Å². The van der Waals surface area contributed by atoms with Crippen molar-refractivity contribution in [2.75, 3.05) is 27.1 Å². The van der Waals surface area contributed by atoms with E-state index in [1.165, 1.54) is 0 Å². The van der Waals surface area contributed by atoms with E-state index in [9.17, 15) is 5.11 Å². The summed E-state index contributed by atoms with van der Waals surface area (Å²) in [5, 5.41) is 9.57. The van der Waals surface area contributed by atoms with Gasteiger partial charge in [-0.15, -0.1) is 11.8 Å². The Bertz CT molecular complexity index is 615. The molecule has 0 fully saturated rings. The van der Waals surface area contributed by atoms with Gasteiger partial charge in [-0.3, -0.25) is 0 Å². The minimum Gasteiger partial charge on any atom is -0.508 e. The summed E-state index contributed by atoms with van der Waals surface area (Å²) in [5.41, 5.74) is 2.05. The molecule has 0 heterocycles. The molecule has 0 spiro atoms. The lowest BCUT2D eigenvalue weighted by Gasteiger charge is -2.23. The topological polar surface area (TPSA) is 47.9 Å². The fraction of sp³-hybridized carbons (Fsp3) is 0.333. The molecule has 23 heavy (non-hydrogen) atoms. The molecule has 2 aromatic carbocycles. The van der Waals surface area contributed by atoms with E-state index in [1.54, 1.807) is 45.2 Å². The van der Waals surface area contributed by atoms with E-state index in [2.05, 4.69) is 6.92 Å². The number of hydrogen-bond acceptors (Lipinski definition) is 5. The molecular formula is C18H22O4S. The van der Waals surface area contributed by atoms with Crippen molar-refractivity contribution >= 4 is 11.8 Å². The van der Waals surface area contributed by atoms with Crippen LogP contribution in [0, 0.1) is 0 Å². The summed E-state index contributed by atoms with van der Waals surface area (Å²) in [4.78, 5) is 0. The number of methoxy groups -OCH3 is 3. The van der Waals surface area contributed by atoms with Crippen LogP contribution in [0.15, 0.2) is 36.4 Å². The number of ether oxygens (including phenoxy) is 3. The highest BCUT2D eigenvalue weighted by molar-refractivity contribution is 7.99. The standard InChI is InChI=1S/C18H22O4S/c1-5-23-18(12-6-8-13(19)9-7-12)17-15(21-3)10-14(20-2)11-16(17)22-4/h6-11,18-19H,5H2,1-4H3. The van der Waals surface area contributed by atoms with E-state index in [-0.39, 0.29) is 11.0 Å². The highest BCUT2D eigenvalue weighted by atomic mass is 32.2. The van der Waals surface area contributed by atoms with Crippen LogP contribution in [0.4, 0.5) is 0 Å². The summed E-state index contributed by atoms with van der Waals surface area (Å²) in [6, 6.07) is 11.0. The van der Waals surface area contributed by atoms with E-state index in [0.717, 1.165) is 28.4 Å². The molecule has 0 amide bonds. The van der Waals surface area contributed by atoms with Crippen molar-refractivity contribution < 1.29 is 19.3 Å². The second-order valence-corrected chi connectivity index (χ2v) is 6.25. The molecular weight excluding hydrogens is 312 g/mol. The van der Waals surface area contributed by atoms with Crippen LogP contribution < -0.4 is 14.2 Å². The molecule has 2 rings (SSSR count). The number of aromatic hydroxyl groups is 1. The number of rotatable bonds is 7. The molecule has 5 heteroatoms. The third kappa shape index (κ3) is 3.85. The molecule has 0 saturated heterocycles. The van der Waals surface area contributed by atoms with Crippen molar-refractivity contribution in [1.29, 1.82) is 0 Å². The molecule has 4 nitrogen and oxygen atoms in total. The van der Waals surface area contributed by atoms with Gasteiger partial charge in [-0.2, -0.15) is 0 Å². The van der Waals surface area contributed by atoms with Crippen LogP contribution in [0.3, 0.4) is 0 Å². The van der Waals surface area contributed by atoms with Crippen molar-refractivity contribution in [3.63, 3.8) is 0 Å². The molecule has 0 saturated carbocycles. The smallest absolute Gasteiger partial charge is 0.130 e. The van der Waals surface area contributed by atoms with Crippen molar-refractivity contribution in [1.82, 2.24) is 0 Å². The summed E-state index contributed by atoms with van der Waals surface area (Å²) in [6.45, 7) is 2.11. The maximum Gasteiger partial charge on any atom is 0.130 e. The third-order valence-corrected chi connectivity index (χ3v) is 4.72. The minimum atomic E-state index is 0.0383. The van der Waals surface area contributed by atoms with Gasteiger partial charge in [0, 0.05) is 12.1 Å². The summed E-state index contributed by atoms with van der Waals surface area (Å²) >= 11 is 1.78. The average Bonchev–Trinajstić information content (AvgIpc) is 2.59.